The highest BCUT2D eigenvalue weighted by atomic mass is 32.2. The monoisotopic (exact) mass is 420 g/mol. The van der Waals surface area contributed by atoms with Crippen LogP contribution in [0.2, 0.25) is 0 Å². The Kier molecular flexibility index (Phi) is 6.23. The number of aromatic nitrogens is 3. The van der Waals surface area contributed by atoms with E-state index in [1.165, 1.54) is 22.9 Å². The summed E-state index contributed by atoms with van der Waals surface area (Å²) in [7, 11) is 0. The van der Waals surface area contributed by atoms with Crippen LogP contribution in [0.4, 0.5) is 0 Å². The lowest BCUT2D eigenvalue weighted by Gasteiger charge is -2.30. The molecule has 1 amide bonds. The third kappa shape index (κ3) is 4.43. The van der Waals surface area contributed by atoms with Gasteiger partial charge < -0.3 is 4.90 Å². The number of benzene rings is 2. The minimum absolute atomic E-state index is 0.183. The smallest absolute Gasteiger partial charge is 0.233 e. The van der Waals surface area contributed by atoms with E-state index in [4.69, 9.17) is 0 Å². The van der Waals surface area contributed by atoms with Crippen molar-refractivity contribution in [3.05, 3.63) is 59.7 Å². The van der Waals surface area contributed by atoms with E-state index < -0.39 is 0 Å². The highest BCUT2D eigenvalue weighted by molar-refractivity contribution is 7.99. The molecule has 0 saturated carbocycles. The van der Waals surface area contributed by atoms with Crippen LogP contribution in [0, 0.1) is 19.8 Å². The van der Waals surface area contributed by atoms with Gasteiger partial charge in [0.2, 0.25) is 5.91 Å². The first-order chi connectivity index (χ1) is 14.5. The molecule has 3 aromatic rings. The second-order valence-electron chi connectivity index (χ2n) is 8.13. The standard InChI is InChI=1S/C24H28N4OS/c1-17-11-13-27(14-12-17)22(29)16-30-24-26-25-23(20-7-5-4-6-8-20)28(24)21-10-9-18(2)19(3)15-21/h4-10,15,17H,11-14,16H2,1-3H3. The van der Waals surface area contributed by atoms with E-state index in [1.54, 1.807) is 0 Å². The number of carbonyl (C=O) groups excluding carboxylic acids is 1. The maximum atomic E-state index is 12.7. The van der Waals surface area contributed by atoms with Crippen LogP contribution in [0.15, 0.2) is 53.7 Å². The molecule has 0 unspecified atom stereocenters. The van der Waals surface area contributed by atoms with Crippen molar-refractivity contribution < 1.29 is 4.79 Å². The van der Waals surface area contributed by atoms with Gasteiger partial charge in [-0.25, -0.2) is 0 Å². The molecule has 2 heterocycles. The first-order valence-electron chi connectivity index (χ1n) is 10.5. The lowest BCUT2D eigenvalue weighted by atomic mass is 9.99. The summed E-state index contributed by atoms with van der Waals surface area (Å²) in [6, 6.07) is 16.4. The zero-order chi connectivity index (χ0) is 21.1. The second-order valence-corrected chi connectivity index (χ2v) is 9.07. The van der Waals surface area contributed by atoms with E-state index in [-0.39, 0.29) is 5.91 Å². The summed E-state index contributed by atoms with van der Waals surface area (Å²) in [5, 5.41) is 9.68. The highest BCUT2D eigenvalue weighted by Gasteiger charge is 2.22. The van der Waals surface area contributed by atoms with E-state index in [9.17, 15) is 4.79 Å². The maximum absolute atomic E-state index is 12.7. The van der Waals surface area contributed by atoms with Gasteiger partial charge >= 0.3 is 0 Å². The first kappa shape index (κ1) is 20.7. The minimum atomic E-state index is 0.183. The molecule has 0 radical (unpaired) electrons. The van der Waals surface area contributed by atoms with Crippen molar-refractivity contribution in [1.82, 2.24) is 19.7 Å². The number of piperidine rings is 1. The fraction of sp³-hybridized carbons (Fsp3) is 0.375. The van der Waals surface area contributed by atoms with E-state index >= 15 is 0 Å². The molecule has 0 N–H and O–H groups in total. The summed E-state index contributed by atoms with van der Waals surface area (Å²) in [6.07, 6.45) is 2.18. The molecule has 1 fully saturated rings. The Morgan fingerprint density at radius 1 is 1.03 bits per heavy atom. The highest BCUT2D eigenvalue weighted by Crippen LogP contribution is 2.29. The van der Waals surface area contributed by atoms with Gasteiger partial charge in [0.1, 0.15) is 0 Å². The molecule has 0 spiro atoms. The predicted octanol–water partition coefficient (Wildman–Crippen LogP) is 4.90. The molecule has 0 aliphatic carbocycles. The van der Waals surface area contributed by atoms with Gasteiger partial charge in [-0.1, -0.05) is 55.1 Å². The summed E-state index contributed by atoms with van der Waals surface area (Å²) < 4.78 is 2.07. The number of hydrogen-bond donors (Lipinski definition) is 0. The molecule has 6 heteroatoms. The Hall–Kier alpha value is -2.60. The average molecular weight is 421 g/mol. The molecular formula is C24H28N4OS. The van der Waals surface area contributed by atoms with E-state index in [1.807, 2.05) is 35.2 Å². The molecule has 5 nitrogen and oxygen atoms in total. The number of hydrogen-bond acceptors (Lipinski definition) is 4. The number of carbonyl (C=O) groups is 1. The number of aryl methyl sites for hydroxylation is 2. The van der Waals surface area contributed by atoms with Crippen molar-refractivity contribution in [3.63, 3.8) is 0 Å². The third-order valence-electron chi connectivity index (χ3n) is 5.88. The number of likely N-dealkylation sites (tertiary alicyclic amines) is 1. The second kappa shape index (κ2) is 9.04. The summed E-state index contributed by atoms with van der Waals surface area (Å²) in [5.41, 5.74) is 4.49. The van der Waals surface area contributed by atoms with Gasteiger partial charge in [0.15, 0.2) is 11.0 Å². The molecular weight excluding hydrogens is 392 g/mol. The lowest BCUT2D eigenvalue weighted by molar-refractivity contribution is -0.129. The molecule has 30 heavy (non-hydrogen) atoms. The van der Waals surface area contributed by atoms with Gasteiger partial charge in [0, 0.05) is 18.7 Å². The first-order valence-corrected chi connectivity index (χ1v) is 11.5. The van der Waals surface area contributed by atoms with E-state index in [0.29, 0.717) is 11.7 Å². The quantitative estimate of drug-likeness (QED) is 0.551. The summed E-state index contributed by atoms with van der Waals surface area (Å²) >= 11 is 1.47. The summed E-state index contributed by atoms with van der Waals surface area (Å²) in [4.78, 5) is 14.7. The Bertz CT molecular complexity index is 1020. The van der Waals surface area contributed by atoms with Gasteiger partial charge in [-0.15, -0.1) is 10.2 Å². The zero-order valence-corrected chi connectivity index (χ0v) is 18.7. The summed E-state index contributed by atoms with van der Waals surface area (Å²) in [5.74, 6) is 2.07. The third-order valence-corrected chi connectivity index (χ3v) is 6.79. The largest absolute Gasteiger partial charge is 0.342 e. The van der Waals surface area contributed by atoms with Crippen molar-refractivity contribution in [1.29, 1.82) is 0 Å². The molecule has 0 atom stereocenters. The molecule has 1 aromatic heterocycles. The maximum Gasteiger partial charge on any atom is 0.233 e. The Morgan fingerprint density at radius 3 is 2.47 bits per heavy atom. The van der Waals surface area contributed by atoms with Crippen LogP contribution in [0.1, 0.15) is 30.9 Å². The number of amides is 1. The minimum Gasteiger partial charge on any atom is -0.342 e. The summed E-state index contributed by atoms with van der Waals surface area (Å²) in [6.45, 7) is 8.20. The van der Waals surface area contributed by atoms with Gasteiger partial charge in [-0.05, 0) is 55.9 Å². The molecule has 1 aliphatic heterocycles. The predicted molar refractivity (Wildman–Crippen MR) is 122 cm³/mol. The normalized spacial score (nSPS) is 14.8. The van der Waals surface area contributed by atoms with Crippen molar-refractivity contribution in [2.75, 3.05) is 18.8 Å². The van der Waals surface area contributed by atoms with Crippen LogP contribution in [-0.2, 0) is 4.79 Å². The molecule has 1 saturated heterocycles. The topological polar surface area (TPSA) is 51.0 Å². The number of thioether (sulfide) groups is 1. The molecule has 1 aliphatic rings. The van der Waals surface area contributed by atoms with Crippen LogP contribution in [-0.4, -0.2) is 44.4 Å². The zero-order valence-electron chi connectivity index (χ0n) is 17.8. The fourth-order valence-corrected chi connectivity index (χ4v) is 4.57. The van der Waals surface area contributed by atoms with Crippen LogP contribution < -0.4 is 0 Å². The number of rotatable bonds is 5. The molecule has 4 rings (SSSR count). The molecule has 156 valence electrons. The van der Waals surface area contributed by atoms with Crippen LogP contribution in [0.3, 0.4) is 0 Å². The van der Waals surface area contributed by atoms with Gasteiger partial charge in [-0.3, -0.25) is 9.36 Å². The van der Waals surface area contributed by atoms with Crippen LogP contribution >= 0.6 is 11.8 Å². The van der Waals surface area contributed by atoms with Gasteiger partial charge in [0.05, 0.1) is 11.4 Å². The van der Waals surface area contributed by atoms with E-state index in [2.05, 4.69) is 53.7 Å². The number of nitrogens with zero attached hydrogens (tertiary/aromatic N) is 4. The van der Waals surface area contributed by atoms with Crippen molar-refractivity contribution >= 4 is 17.7 Å². The fourth-order valence-electron chi connectivity index (χ4n) is 3.71. The molecule has 2 aromatic carbocycles. The van der Waals surface area contributed by atoms with Gasteiger partial charge in [-0.2, -0.15) is 0 Å². The van der Waals surface area contributed by atoms with Crippen LogP contribution in [0.25, 0.3) is 17.1 Å². The Morgan fingerprint density at radius 2 is 1.77 bits per heavy atom. The van der Waals surface area contributed by atoms with Crippen molar-refractivity contribution in [2.45, 2.75) is 38.8 Å². The van der Waals surface area contributed by atoms with Crippen molar-refractivity contribution in [3.8, 4) is 17.1 Å². The van der Waals surface area contributed by atoms with E-state index in [0.717, 1.165) is 48.2 Å². The average Bonchev–Trinajstić information content (AvgIpc) is 3.19. The van der Waals surface area contributed by atoms with Crippen molar-refractivity contribution in [2.24, 2.45) is 5.92 Å². The van der Waals surface area contributed by atoms with Gasteiger partial charge in [0.25, 0.3) is 0 Å². The molecule has 0 bridgehead atoms. The SMILES string of the molecule is Cc1ccc(-n2c(SCC(=O)N3CCC(C)CC3)nnc2-c2ccccc2)cc1C. The Balaban J connectivity index is 1.62. The van der Waals surface area contributed by atoms with Crippen LogP contribution in [0.5, 0.6) is 0 Å². The lowest BCUT2D eigenvalue weighted by Crippen LogP contribution is -2.38. The Labute approximate surface area is 182 Å².